The van der Waals surface area contributed by atoms with Gasteiger partial charge in [-0.3, -0.25) is 0 Å². The second-order valence-corrected chi connectivity index (χ2v) is 5.89. The molecule has 112 valence electrons. The van der Waals surface area contributed by atoms with Gasteiger partial charge in [-0.1, -0.05) is 47.8 Å². The van der Waals surface area contributed by atoms with Gasteiger partial charge in [0.15, 0.2) is 0 Å². The minimum Gasteiger partial charge on any atom is -0.370 e. The summed E-state index contributed by atoms with van der Waals surface area (Å²) in [7, 11) is 0. The summed E-state index contributed by atoms with van der Waals surface area (Å²) in [6.07, 6.45) is 2.58. The van der Waals surface area contributed by atoms with E-state index in [9.17, 15) is 0 Å². The molecule has 0 aliphatic heterocycles. The van der Waals surface area contributed by atoms with Crippen LogP contribution < -0.4 is 5.32 Å². The lowest BCUT2D eigenvalue weighted by molar-refractivity contribution is 0.833. The first-order valence-corrected chi connectivity index (χ1v) is 7.93. The average molecular weight is 345 g/mol. The molecule has 6 heteroatoms. The predicted molar refractivity (Wildman–Crippen MR) is 89.7 cm³/mol. The summed E-state index contributed by atoms with van der Waals surface area (Å²) in [5.41, 5.74) is 1.04. The van der Waals surface area contributed by atoms with E-state index in [0.717, 1.165) is 36.5 Å². The van der Waals surface area contributed by atoms with E-state index < -0.39 is 0 Å². The highest BCUT2D eigenvalue weighted by Gasteiger charge is 2.04. The zero-order chi connectivity index (χ0) is 15.2. The van der Waals surface area contributed by atoms with Crippen LogP contribution in [0.4, 0.5) is 5.82 Å². The van der Waals surface area contributed by atoms with Crippen molar-refractivity contribution in [2.75, 3.05) is 11.9 Å². The molecule has 0 fully saturated rings. The summed E-state index contributed by atoms with van der Waals surface area (Å²) >= 11 is 18.0. The summed E-state index contributed by atoms with van der Waals surface area (Å²) in [4.78, 5) is 8.62. The van der Waals surface area contributed by atoms with Crippen LogP contribution in [0.15, 0.2) is 24.3 Å². The fraction of sp³-hybridized carbons (Fsp3) is 0.333. The van der Waals surface area contributed by atoms with Gasteiger partial charge in [-0.25, -0.2) is 9.97 Å². The lowest BCUT2D eigenvalue weighted by atomic mass is 10.1. The Morgan fingerprint density at radius 1 is 1.05 bits per heavy atom. The minimum atomic E-state index is 0.459. The number of halogens is 3. The maximum absolute atomic E-state index is 6.14. The number of hydrogen-bond donors (Lipinski definition) is 1. The van der Waals surface area contributed by atoms with Gasteiger partial charge < -0.3 is 5.32 Å². The third kappa shape index (κ3) is 5.03. The zero-order valence-corrected chi connectivity index (χ0v) is 13.9. The highest BCUT2D eigenvalue weighted by molar-refractivity contribution is 6.35. The molecule has 0 radical (unpaired) electrons. The third-order valence-electron chi connectivity index (χ3n) is 2.93. The molecule has 0 unspecified atom stereocenters. The third-order valence-corrected chi connectivity index (χ3v) is 3.71. The molecule has 0 amide bonds. The van der Waals surface area contributed by atoms with E-state index in [-0.39, 0.29) is 0 Å². The van der Waals surface area contributed by atoms with Crippen molar-refractivity contribution >= 4 is 40.6 Å². The first kappa shape index (κ1) is 16.3. The Morgan fingerprint density at radius 2 is 1.86 bits per heavy atom. The van der Waals surface area contributed by atoms with Gasteiger partial charge in [0.05, 0.1) is 0 Å². The van der Waals surface area contributed by atoms with Gasteiger partial charge >= 0.3 is 0 Å². The molecule has 0 saturated carbocycles. The Bertz CT molecular complexity index is 617. The largest absolute Gasteiger partial charge is 0.370 e. The van der Waals surface area contributed by atoms with Crippen molar-refractivity contribution < 1.29 is 0 Å². The number of aryl methyl sites for hydroxylation is 1. The lowest BCUT2D eigenvalue weighted by Crippen LogP contribution is -2.08. The lowest BCUT2D eigenvalue weighted by Gasteiger charge is -2.09. The van der Waals surface area contributed by atoms with Crippen LogP contribution in [0.1, 0.15) is 24.7 Å². The Balaban J connectivity index is 1.96. The average Bonchev–Trinajstić information content (AvgIpc) is 2.41. The van der Waals surface area contributed by atoms with Crippen molar-refractivity contribution in [2.45, 2.75) is 26.2 Å². The predicted octanol–water partition coefficient (Wildman–Crippen LogP) is 5.04. The van der Waals surface area contributed by atoms with E-state index in [2.05, 4.69) is 22.2 Å². The minimum absolute atomic E-state index is 0.459. The van der Waals surface area contributed by atoms with Gasteiger partial charge in [-0.15, -0.1) is 0 Å². The SMILES string of the molecule is CCCc1nc(Cl)cc(NCCc2ccc(Cl)cc2Cl)n1. The summed E-state index contributed by atoms with van der Waals surface area (Å²) < 4.78 is 0. The topological polar surface area (TPSA) is 37.8 Å². The van der Waals surface area contributed by atoms with Crippen molar-refractivity contribution in [3.63, 3.8) is 0 Å². The molecule has 21 heavy (non-hydrogen) atoms. The Kier molecular flexibility index (Phi) is 6.09. The number of benzene rings is 1. The van der Waals surface area contributed by atoms with Gasteiger partial charge in [-0.2, -0.15) is 0 Å². The molecule has 2 rings (SSSR count). The monoisotopic (exact) mass is 343 g/mol. The Labute approximate surface area is 139 Å². The molecular formula is C15H16Cl3N3. The molecular weight excluding hydrogens is 329 g/mol. The highest BCUT2D eigenvalue weighted by Crippen LogP contribution is 2.21. The molecule has 0 aliphatic rings. The molecule has 0 spiro atoms. The summed E-state index contributed by atoms with van der Waals surface area (Å²) in [5.74, 6) is 1.50. The van der Waals surface area contributed by atoms with Crippen molar-refractivity contribution in [1.82, 2.24) is 9.97 Å². The molecule has 1 aromatic heterocycles. The van der Waals surface area contributed by atoms with Crippen LogP contribution in [0.25, 0.3) is 0 Å². The van der Waals surface area contributed by atoms with Crippen LogP contribution in [-0.4, -0.2) is 16.5 Å². The first-order valence-electron chi connectivity index (χ1n) is 6.79. The Hall–Kier alpha value is -1.03. The van der Waals surface area contributed by atoms with Crippen molar-refractivity contribution in [3.05, 3.63) is 50.9 Å². The van der Waals surface area contributed by atoms with E-state index in [0.29, 0.717) is 21.7 Å². The molecule has 0 aliphatic carbocycles. The normalized spacial score (nSPS) is 10.7. The number of nitrogens with one attached hydrogen (secondary N) is 1. The molecule has 0 bridgehead atoms. The van der Waals surface area contributed by atoms with E-state index in [1.54, 1.807) is 12.1 Å². The van der Waals surface area contributed by atoms with Gasteiger partial charge in [0.2, 0.25) is 0 Å². The van der Waals surface area contributed by atoms with Crippen LogP contribution in [0.2, 0.25) is 15.2 Å². The fourth-order valence-electron chi connectivity index (χ4n) is 1.94. The number of anilines is 1. The molecule has 1 heterocycles. The maximum Gasteiger partial charge on any atom is 0.134 e. The van der Waals surface area contributed by atoms with Crippen LogP contribution in [0.3, 0.4) is 0 Å². The molecule has 1 aromatic carbocycles. The van der Waals surface area contributed by atoms with E-state index in [1.807, 2.05) is 12.1 Å². The van der Waals surface area contributed by atoms with Crippen LogP contribution in [0.5, 0.6) is 0 Å². The molecule has 3 nitrogen and oxygen atoms in total. The summed E-state index contributed by atoms with van der Waals surface area (Å²) in [6, 6.07) is 7.25. The maximum atomic E-state index is 6.14. The Morgan fingerprint density at radius 3 is 2.57 bits per heavy atom. The highest BCUT2D eigenvalue weighted by atomic mass is 35.5. The quantitative estimate of drug-likeness (QED) is 0.746. The number of aromatic nitrogens is 2. The van der Waals surface area contributed by atoms with Crippen molar-refractivity contribution in [1.29, 1.82) is 0 Å². The van der Waals surface area contributed by atoms with Crippen LogP contribution >= 0.6 is 34.8 Å². The van der Waals surface area contributed by atoms with Crippen LogP contribution in [-0.2, 0) is 12.8 Å². The fourth-order valence-corrected chi connectivity index (χ4v) is 2.64. The molecule has 0 saturated heterocycles. The van der Waals surface area contributed by atoms with Gasteiger partial charge in [0.1, 0.15) is 16.8 Å². The number of hydrogen-bond acceptors (Lipinski definition) is 3. The summed E-state index contributed by atoms with van der Waals surface area (Å²) in [5, 5.41) is 5.03. The second kappa shape index (κ2) is 7.83. The number of rotatable bonds is 6. The smallest absolute Gasteiger partial charge is 0.134 e. The summed E-state index contributed by atoms with van der Waals surface area (Å²) in [6.45, 7) is 2.79. The van der Waals surface area contributed by atoms with E-state index in [1.165, 1.54) is 0 Å². The first-order chi connectivity index (χ1) is 10.1. The molecule has 2 aromatic rings. The zero-order valence-electron chi connectivity index (χ0n) is 11.7. The van der Waals surface area contributed by atoms with Crippen molar-refractivity contribution in [2.24, 2.45) is 0 Å². The second-order valence-electron chi connectivity index (χ2n) is 4.65. The van der Waals surface area contributed by atoms with Gasteiger partial charge in [0.25, 0.3) is 0 Å². The standard InChI is InChI=1S/C15H16Cl3N3/c1-2-3-14-20-13(18)9-15(21-14)19-7-6-10-4-5-11(16)8-12(10)17/h4-5,8-9H,2-3,6-7H2,1H3,(H,19,20,21). The van der Waals surface area contributed by atoms with E-state index >= 15 is 0 Å². The molecule has 0 atom stereocenters. The number of nitrogens with zero attached hydrogens (tertiary/aromatic N) is 2. The van der Waals surface area contributed by atoms with Gasteiger partial charge in [-0.05, 0) is 30.5 Å². The van der Waals surface area contributed by atoms with Crippen molar-refractivity contribution in [3.8, 4) is 0 Å². The molecule has 1 N–H and O–H groups in total. The van der Waals surface area contributed by atoms with Gasteiger partial charge in [0, 0.05) is 29.1 Å². The van der Waals surface area contributed by atoms with Crippen LogP contribution in [0, 0.1) is 0 Å². The van der Waals surface area contributed by atoms with E-state index in [4.69, 9.17) is 34.8 Å².